The fourth-order valence-electron chi connectivity index (χ4n) is 1.03. The van der Waals surface area contributed by atoms with Gasteiger partial charge in [0.15, 0.2) is 0 Å². The Hall–Kier alpha value is -1.85. The second-order valence-corrected chi connectivity index (χ2v) is 2.91. The molecule has 0 unspecified atom stereocenters. The average molecular weight is 234 g/mol. The van der Waals surface area contributed by atoms with Crippen molar-refractivity contribution in [2.45, 2.75) is 6.18 Å². The maximum Gasteiger partial charge on any atom is 0.419 e. The Morgan fingerprint density at radius 3 is 2.38 bits per heavy atom. The molecular formula is C10H6F4O2. The molecule has 0 saturated heterocycles. The van der Waals surface area contributed by atoms with Gasteiger partial charge in [0.25, 0.3) is 0 Å². The fraction of sp³-hybridized carbons (Fsp3) is 0.100. The summed E-state index contributed by atoms with van der Waals surface area (Å²) in [5.41, 5.74) is -1.33. The zero-order valence-electron chi connectivity index (χ0n) is 7.75. The van der Waals surface area contributed by atoms with E-state index >= 15 is 0 Å². The number of carboxylic acids is 1. The van der Waals surface area contributed by atoms with E-state index in [1.54, 1.807) is 0 Å². The third-order valence-electron chi connectivity index (χ3n) is 1.72. The van der Waals surface area contributed by atoms with Crippen LogP contribution in [-0.2, 0) is 11.0 Å². The number of carbonyl (C=O) groups is 1. The fourth-order valence-corrected chi connectivity index (χ4v) is 1.03. The summed E-state index contributed by atoms with van der Waals surface area (Å²) in [6.07, 6.45) is -3.03. The molecule has 86 valence electrons. The van der Waals surface area contributed by atoms with Crippen LogP contribution in [0.3, 0.4) is 0 Å². The minimum absolute atomic E-state index is 0.0490. The lowest BCUT2D eigenvalue weighted by Gasteiger charge is -2.07. The van der Waals surface area contributed by atoms with E-state index in [0.717, 1.165) is 12.1 Å². The zero-order valence-corrected chi connectivity index (χ0v) is 7.75. The summed E-state index contributed by atoms with van der Waals surface area (Å²) >= 11 is 0. The SMILES string of the molecule is O=C(O)/C=C/c1ccc(C(F)(F)F)c(F)c1. The van der Waals surface area contributed by atoms with Crippen LogP contribution in [0, 0.1) is 5.82 Å². The first-order valence-corrected chi connectivity index (χ1v) is 4.08. The first-order valence-electron chi connectivity index (χ1n) is 4.08. The summed E-state index contributed by atoms with van der Waals surface area (Å²) in [6, 6.07) is 2.18. The quantitative estimate of drug-likeness (QED) is 0.631. The van der Waals surface area contributed by atoms with Crippen LogP contribution in [0.2, 0.25) is 0 Å². The average Bonchev–Trinajstić information content (AvgIpc) is 2.12. The van der Waals surface area contributed by atoms with Gasteiger partial charge in [-0.1, -0.05) is 6.07 Å². The Morgan fingerprint density at radius 2 is 1.94 bits per heavy atom. The van der Waals surface area contributed by atoms with E-state index in [9.17, 15) is 22.4 Å². The molecule has 6 heteroatoms. The van der Waals surface area contributed by atoms with E-state index in [1.165, 1.54) is 0 Å². The van der Waals surface area contributed by atoms with Crippen molar-refractivity contribution in [3.05, 3.63) is 41.2 Å². The number of hydrogen-bond acceptors (Lipinski definition) is 1. The smallest absolute Gasteiger partial charge is 0.419 e. The van der Waals surface area contributed by atoms with Gasteiger partial charge in [0.2, 0.25) is 0 Å². The number of carboxylic acid groups (broad SMARTS) is 1. The van der Waals surface area contributed by atoms with Crippen molar-refractivity contribution >= 4 is 12.0 Å². The van der Waals surface area contributed by atoms with Crippen LogP contribution in [0.4, 0.5) is 17.6 Å². The first kappa shape index (κ1) is 12.2. The Morgan fingerprint density at radius 1 is 1.31 bits per heavy atom. The minimum Gasteiger partial charge on any atom is -0.478 e. The third kappa shape index (κ3) is 3.08. The minimum atomic E-state index is -4.75. The second-order valence-electron chi connectivity index (χ2n) is 2.91. The Labute approximate surface area is 87.8 Å². The highest BCUT2D eigenvalue weighted by Crippen LogP contribution is 2.31. The van der Waals surface area contributed by atoms with Gasteiger partial charge in [-0.15, -0.1) is 0 Å². The lowest BCUT2D eigenvalue weighted by Crippen LogP contribution is -2.07. The van der Waals surface area contributed by atoms with Crippen LogP contribution < -0.4 is 0 Å². The molecule has 1 N–H and O–H groups in total. The zero-order chi connectivity index (χ0) is 12.3. The number of benzene rings is 1. The molecule has 0 amide bonds. The van der Waals surface area contributed by atoms with Crippen molar-refractivity contribution in [2.24, 2.45) is 0 Å². The summed E-state index contributed by atoms with van der Waals surface area (Å²) in [4.78, 5) is 10.1. The molecule has 2 nitrogen and oxygen atoms in total. The van der Waals surface area contributed by atoms with Gasteiger partial charge in [0.05, 0.1) is 5.56 Å². The van der Waals surface area contributed by atoms with Gasteiger partial charge in [0, 0.05) is 6.08 Å². The number of halogens is 4. The molecule has 1 rings (SSSR count). The Balaban J connectivity index is 3.05. The van der Waals surface area contributed by atoms with Crippen molar-refractivity contribution in [3.8, 4) is 0 Å². The lowest BCUT2D eigenvalue weighted by molar-refractivity contribution is -0.140. The standard InChI is InChI=1S/C10H6F4O2/c11-8-5-6(2-4-9(15)16)1-3-7(8)10(12,13)14/h1-5H,(H,15,16)/b4-2+. The summed E-state index contributed by atoms with van der Waals surface area (Å²) < 4.78 is 49.4. The van der Waals surface area contributed by atoms with Gasteiger partial charge in [0.1, 0.15) is 5.82 Å². The summed E-state index contributed by atoms with van der Waals surface area (Å²) in [5, 5.41) is 8.27. The van der Waals surface area contributed by atoms with Crippen LogP contribution in [0.15, 0.2) is 24.3 Å². The molecule has 1 aromatic carbocycles. The van der Waals surface area contributed by atoms with Crippen molar-refractivity contribution in [1.29, 1.82) is 0 Å². The van der Waals surface area contributed by atoms with Crippen molar-refractivity contribution in [2.75, 3.05) is 0 Å². The molecule has 0 aliphatic carbocycles. The van der Waals surface area contributed by atoms with E-state index in [0.29, 0.717) is 18.2 Å². The monoisotopic (exact) mass is 234 g/mol. The normalized spacial score (nSPS) is 12.0. The number of hydrogen-bond donors (Lipinski definition) is 1. The number of rotatable bonds is 2. The third-order valence-corrected chi connectivity index (χ3v) is 1.72. The van der Waals surface area contributed by atoms with Gasteiger partial charge in [-0.25, -0.2) is 9.18 Å². The summed E-state index contributed by atoms with van der Waals surface area (Å²) in [5.74, 6) is -2.69. The van der Waals surface area contributed by atoms with Crippen LogP contribution in [-0.4, -0.2) is 11.1 Å². The van der Waals surface area contributed by atoms with Gasteiger partial charge in [-0.2, -0.15) is 13.2 Å². The second kappa shape index (κ2) is 4.34. The Kier molecular flexibility index (Phi) is 3.31. The van der Waals surface area contributed by atoms with E-state index in [-0.39, 0.29) is 5.56 Å². The molecule has 0 bridgehead atoms. The van der Waals surface area contributed by atoms with Gasteiger partial charge in [-0.05, 0) is 23.8 Å². The molecular weight excluding hydrogens is 228 g/mol. The number of aliphatic carboxylic acids is 1. The van der Waals surface area contributed by atoms with E-state index in [1.807, 2.05) is 0 Å². The maximum absolute atomic E-state index is 13.0. The van der Waals surface area contributed by atoms with Crippen LogP contribution in [0.5, 0.6) is 0 Å². The van der Waals surface area contributed by atoms with Crippen LogP contribution in [0.25, 0.3) is 6.08 Å². The highest BCUT2D eigenvalue weighted by molar-refractivity contribution is 5.85. The van der Waals surface area contributed by atoms with E-state index in [4.69, 9.17) is 5.11 Å². The predicted octanol–water partition coefficient (Wildman–Crippen LogP) is 2.94. The van der Waals surface area contributed by atoms with Gasteiger partial charge < -0.3 is 5.11 Å². The van der Waals surface area contributed by atoms with E-state index in [2.05, 4.69) is 0 Å². The van der Waals surface area contributed by atoms with Crippen molar-refractivity contribution in [3.63, 3.8) is 0 Å². The maximum atomic E-state index is 13.0. The topological polar surface area (TPSA) is 37.3 Å². The molecule has 0 aromatic heterocycles. The predicted molar refractivity (Wildman–Crippen MR) is 48.1 cm³/mol. The molecule has 1 aromatic rings. The Bertz CT molecular complexity index is 435. The molecule has 0 aliphatic rings. The molecule has 0 fully saturated rings. The molecule has 0 radical (unpaired) electrons. The summed E-state index contributed by atoms with van der Waals surface area (Å²) in [6.45, 7) is 0. The van der Waals surface area contributed by atoms with Gasteiger partial charge in [-0.3, -0.25) is 0 Å². The number of alkyl halides is 3. The largest absolute Gasteiger partial charge is 0.478 e. The molecule has 0 atom stereocenters. The van der Waals surface area contributed by atoms with Crippen LogP contribution in [0.1, 0.15) is 11.1 Å². The van der Waals surface area contributed by atoms with Crippen LogP contribution >= 0.6 is 0 Å². The van der Waals surface area contributed by atoms with Crippen molar-refractivity contribution in [1.82, 2.24) is 0 Å². The van der Waals surface area contributed by atoms with E-state index < -0.39 is 23.5 Å². The molecule has 0 spiro atoms. The first-order chi connectivity index (χ1) is 7.30. The highest BCUT2D eigenvalue weighted by Gasteiger charge is 2.33. The molecule has 0 saturated carbocycles. The molecule has 0 heterocycles. The van der Waals surface area contributed by atoms with Crippen molar-refractivity contribution < 1.29 is 27.5 Å². The highest BCUT2D eigenvalue weighted by atomic mass is 19.4. The molecule has 16 heavy (non-hydrogen) atoms. The van der Waals surface area contributed by atoms with Gasteiger partial charge >= 0.3 is 12.1 Å². The lowest BCUT2D eigenvalue weighted by atomic mass is 10.1. The molecule has 0 aliphatic heterocycles. The summed E-state index contributed by atoms with van der Waals surface area (Å²) in [7, 11) is 0.